The van der Waals surface area contributed by atoms with Crippen LogP contribution in [0.15, 0.2) is 42.5 Å². The lowest BCUT2D eigenvalue weighted by atomic mass is 10.1. The summed E-state index contributed by atoms with van der Waals surface area (Å²) in [5.74, 6) is 0.893. The molecule has 1 atom stereocenters. The number of anilines is 1. The molecule has 0 saturated heterocycles. The number of nitrogens with one attached hydrogen (secondary N) is 3. The number of benzene rings is 2. The van der Waals surface area contributed by atoms with E-state index in [0.29, 0.717) is 18.0 Å². The van der Waals surface area contributed by atoms with E-state index in [2.05, 4.69) is 10.6 Å². The molecule has 7 heteroatoms. The number of hydrogen-bond donors (Lipinski definition) is 3. The van der Waals surface area contributed by atoms with Crippen LogP contribution in [0.2, 0.25) is 0 Å². The van der Waals surface area contributed by atoms with Crippen molar-refractivity contribution in [1.29, 1.82) is 0 Å². The Morgan fingerprint density at radius 3 is 2.38 bits per heavy atom. The fraction of sp³-hybridized carbons (Fsp3) is 0.364. The first kappa shape index (κ1) is 22.2. The van der Waals surface area contributed by atoms with Crippen molar-refractivity contribution in [2.75, 3.05) is 39.7 Å². The summed E-state index contributed by atoms with van der Waals surface area (Å²) in [4.78, 5) is 25.3. The predicted octanol–water partition coefficient (Wildman–Crippen LogP) is 1.04. The Hall–Kier alpha value is -3.06. The molecule has 0 aromatic heterocycles. The molecule has 0 aliphatic carbocycles. The molecule has 0 spiro atoms. The van der Waals surface area contributed by atoms with Crippen molar-refractivity contribution < 1.29 is 24.0 Å². The molecule has 1 unspecified atom stereocenters. The second-order valence-corrected chi connectivity index (χ2v) is 6.80. The van der Waals surface area contributed by atoms with Crippen molar-refractivity contribution in [3.05, 3.63) is 53.6 Å². The first-order chi connectivity index (χ1) is 14.0. The summed E-state index contributed by atoms with van der Waals surface area (Å²) < 4.78 is 10.7. The van der Waals surface area contributed by atoms with Crippen LogP contribution in [0.1, 0.15) is 18.1 Å². The average molecular weight is 400 g/mol. The van der Waals surface area contributed by atoms with Gasteiger partial charge in [-0.25, -0.2) is 0 Å². The van der Waals surface area contributed by atoms with E-state index in [9.17, 15) is 9.59 Å². The fourth-order valence-corrected chi connectivity index (χ4v) is 3.14. The summed E-state index contributed by atoms with van der Waals surface area (Å²) in [6, 6.07) is 13.3. The van der Waals surface area contributed by atoms with Crippen LogP contribution in [0.5, 0.6) is 11.5 Å². The number of hydrogen-bond acceptors (Lipinski definition) is 4. The molecule has 0 fully saturated rings. The van der Waals surface area contributed by atoms with Gasteiger partial charge in [-0.15, -0.1) is 0 Å². The molecule has 0 radical (unpaired) electrons. The predicted molar refractivity (Wildman–Crippen MR) is 112 cm³/mol. The van der Waals surface area contributed by atoms with Gasteiger partial charge in [0.2, 0.25) is 5.91 Å². The number of likely N-dealkylation sites (N-methyl/N-ethyl adjacent to an activating group) is 1. The largest absolute Gasteiger partial charge is 0.493 e. The van der Waals surface area contributed by atoms with Crippen molar-refractivity contribution in [3.63, 3.8) is 0 Å². The normalized spacial score (nSPS) is 11.4. The van der Waals surface area contributed by atoms with Crippen LogP contribution in [-0.4, -0.2) is 46.2 Å². The van der Waals surface area contributed by atoms with Crippen molar-refractivity contribution in [3.8, 4) is 11.5 Å². The Labute approximate surface area is 172 Å². The number of methoxy groups -OCH3 is 2. The molecule has 3 N–H and O–H groups in total. The molecule has 2 aromatic carbocycles. The minimum atomic E-state index is -0.244. The van der Waals surface area contributed by atoms with Crippen LogP contribution in [-0.2, 0) is 22.6 Å². The molecule has 0 aliphatic heterocycles. The number of carbonyl (C=O) groups is 2. The fourth-order valence-electron chi connectivity index (χ4n) is 3.14. The lowest BCUT2D eigenvalue weighted by Gasteiger charge is -2.17. The molecule has 0 heterocycles. The van der Waals surface area contributed by atoms with Gasteiger partial charge in [-0.05, 0) is 30.2 Å². The monoisotopic (exact) mass is 400 g/mol. The topological polar surface area (TPSA) is 81.1 Å². The van der Waals surface area contributed by atoms with E-state index in [1.807, 2.05) is 56.4 Å². The SMILES string of the molecule is CCc1ccccc1NC(=O)CNC(=O)C[NH+](C)Cc1cccc(OC)c1OC. The van der Waals surface area contributed by atoms with Gasteiger partial charge in [0.05, 0.1) is 33.4 Å². The highest BCUT2D eigenvalue weighted by atomic mass is 16.5. The van der Waals surface area contributed by atoms with E-state index in [1.54, 1.807) is 14.2 Å². The van der Waals surface area contributed by atoms with Crippen LogP contribution in [0, 0.1) is 0 Å². The number of para-hydroxylation sites is 2. The maximum atomic E-state index is 12.2. The van der Waals surface area contributed by atoms with Gasteiger partial charge in [-0.1, -0.05) is 31.2 Å². The van der Waals surface area contributed by atoms with Gasteiger partial charge >= 0.3 is 0 Å². The lowest BCUT2D eigenvalue weighted by Crippen LogP contribution is -3.08. The molecular formula is C22H30N3O4+. The molecule has 0 bridgehead atoms. The van der Waals surface area contributed by atoms with E-state index in [1.165, 1.54) is 0 Å². The van der Waals surface area contributed by atoms with Crippen molar-refractivity contribution in [2.24, 2.45) is 0 Å². The third kappa shape index (κ3) is 6.50. The zero-order chi connectivity index (χ0) is 21.2. The third-order valence-corrected chi connectivity index (χ3v) is 4.56. The first-order valence-corrected chi connectivity index (χ1v) is 9.64. The number of rotatable bonds is 10. The average Bonchev–Trinajstić information content (AvgIpc) is 2.72. The van der Waals surface area contributed by atoms with Crippen molar-refractivity contribution >= 4 is 17.5 Å². The minimum absolute atomic E-state index is 0.0629. The number of ether oxygens (including phenoxy) is 2. The van der Waals surface area contributed by atoms with Gasteiger partial charge in [-0.3, -0.25) is 9.59 Å². The van der Waals surface area contributed by atoms with Crippen LogP contribution >= 0.6 is 0 Å². The van der Waals surface area contributed by atoms with Crippen LogP contribution in [0.3, 0.4) is 0 Å². The van der Waals surface area contributed by atoms with Gasteiger partial charge < -0.3 is 25.0 Å². The van der Waals surface area contributed by atoms with E-state index >= 15 is 0 Å². The molecule has 29 heavy (non-hydrogen) atoms. The highest BCUT2D eigenvalue weighted by Gasteiger charge is 2.16. The number of quaternary nitrogens is 1. The number of amides is 2. The van der Waals surface area contributed by atoms with E-state index in [4.69, 9.17) is 9.47 Å². The molecule has 0 saturated carbocycles. The minimum Gasteiger partial charge on any atom is -0.493 e. The summed E-state index contributed by atoms with van der Waals surface area (Å²) in [5, 5.41) is 5.53. The number of carbonyl (C=O) groups excluding carboxylic acids is 2. The number of aryl methyl sites for hydroxylation is 1. The Balaban J connectivity index is 1.84. The van der Waals surface area contributed by atoms with Crippen molar-refractivity contribution in [1.82, 2.24) is 5.32 Å². The zero-order valence-electron chi connectivity index (χ0n) is 17.5. The second-order valence-electron chi connectivity index (χ2n) is 6.80. The van der Waals surface area contributed by atoms with Gasteiger partial charge in [0.25, 0.3) is 5.91 Å². The standard InChI is InChI=1S/C22H29N3O4/c1-5-16-9-6-7-11-18(16)24-20(26)13-23-21(27)15-25(2)14-17-10-8-12-19(28-3)22(17)29-4/h6-12H,5,13-15H2,1-4H3,(H,23,27)(H,24,26)/p+1. The molecule has 156 valence electrons. The molecule has 2 aromatic rings. The quantitative estimate of drug-likeness (QED) is 0.557. The molecule has 7 nitrogen and oxygen atoms in total. The molecule has 2 rings (SSSR count). The van der Waals surface area contributed by atoms with Crippen LogP contribution in [0.4, 0.5) is 5.69 Å². The Bertz CT molecular complexity index is 839. The highest BCUT2D eigenvalue weighted by Crippen LogP contribution is 2.29. The molecular weight excluding hydrogens is 370 g/mol. The van der Waals surface area contributed by atoms with Gasteiger partial charge in [0.1, 0.15) is 6.54 Å². The highest BCUT2D eigenvalue weighted by molar-refractivity contribution is 5.95. The van der Waals surface area contributed by atoms with E-state index < -0.39 is 0 Å². The van der Waals surface area contributed by atoms with E-state index in [0.717, 1.165) is 28.1 Å². The van der Waals surface area contributed by atoms with Crippen LogP contribution in [0.25, 0.3) is 0 Å². The second kappa shape index (κ2) is 11.1. The lowest BCUT2D eigenvalue weighted by molar-refractivity contribution is -0.885. The summed E-state index contributed by atoms with van der Waals surface area (Å²) >= 11 is 0. The van der Waals surface area contributed by atoms with E-state index in [-0.39, 0.29) is 24.9 Å². The summed E-state index contributed by atoms with van der Waals surface area (Å²) in [7, 11) is 5.10. The summed E-state index contributed by atoms with van der Waals surface area (Å²) in [6.07, 6.45) is 0.824. The summed E-state index contributed by atoms with van der Waals surface area (Å²) in [5.41, 5.74) is 2.79. The van der Waals surface area contributed by atoms with Crippen LogP contribution < -0.4 is 25.0 Å². The van der Waals surface area contributed by atoms with Gasteiger partial charge in [-0.2, -0.15) is 0 Å². The van der Waals surface area contributed by atoms with Gasteiger partial charge in [0, 0.05) is 5.69 Å². The maximum absolute atomic E-state index is 12.2. The molecule has 0 aliphatic rings. The smallest absolute Gasteiger partial charge is 0.275 e. The van der Waals surface area contributed by atoms with Crippen molar-refractivity contribution in [2.45, 2.75) is 19.9 Å². The Morgan fingerprint density at radius 1 is 0.966 bits per heavy atom. The third-order valence-electron chi connectivity index (χ3n) is 4.56. The molecule has 2 amide bonds. The Morgan fingerprint density at radius 2 is 1.69 bits per heavy atom. The summed E-state index contributed by atoms with van der Waals surface area (Å²) in [6.45, 7) is 2.79. The first-order valence-electron chi connectivity index (χ1n) is 9.64. The zero-order valence-corrected chi connectivity index (χ0v) is 17.5. The van der Waals surface area contributed by atoms with Gasteiger partial charge in [0.15, 0.2) is 18.0 Å². The Kier molecular flexibility index (Phi) is 8.48. The maximum Gasteiger partial charge on any atom is 0.275 e.